The van der Waals surface area contributed by atoms with Crippen LogP contribution >= 0.6 is 12.8 Å². The smallest absolute Gasteiger partial charge is 0.251 e. The number of nitrogens with zero attached hydrogens (tertiary/aromatic N) is 1. The molecule has 0 heterocycles. The standard InChI is InChI=1S/C35H47N5O4S/c1-23(2)20-37-35(44)32(24(3)22-41)36-21-30(16-26-12-8-6-9-13-26)39-34(43)29-17-28(18-31(19-29)40(5)45)33(42)38-25(4)27-14-10-7-11-15-27/h6-15,17-19,23-25,30,32,36,41,45H,16,20-22H2,1-5H3,(H,37,44)(H,38,42)(H,39,43)/t24-,25-,30+,32+/m1/s1. The van der Waals surface area contributed by atoms with Gasteiger partial charge in [0.25, 0.3) is 11.8 Å². The van der Waals surface area contributed by atoms with Gasteiger partial charge in [-0.3, -0.25) is 14.4 Å². The molecule has 3 aromatic carbocycles. The number of hydrogen-bond acceptors (Lipinski definition) is 7. The fourth-order valence-electron chi connectivity index (χ4n) is 4.85. The van der Waals surface area contributed by atoms with Crippen LogP contribution in [0.3, 0.4) is 0 Å². The van der Waals surface area contributed by atoms with Crippen LogP contribution in [0.4, 0.5) is 5.69 Å². The van der Waals surface area contributed by atoms with Crippen molar-refractivity contribution in [2.75, 3.05) is 31.0 Å². The van der Waals surface area contributed by atoms with E-state index >= 15 is 0 Å². The molecule has 242 valence electrons. The monoisotopic (exact) mass is 633 g/mol. The molecule has 4 atom stereocenters. The molecule has 3 rings (SSSR count). The maximum Gasteiger partial charge on any atom is 0.251 e. The molecule has 3 aromatic rings. The van der Waals surface area contributed by atoms with Crippen LogP contribution in [0.5, 0.6) is 0 Å². The fourth-order valence-corrected chi connectivity index (χ4v) is 4.96. The van der Waals surface area contributed by atoms with Gasteiger partial charge >= 0.3 is 0 Å². The number of thiol groups is 1. The van der Waals surface area contributed by atoms with Crippen molar-refractivity contribution in [2.24, 2.45) is 11.8 Å². The highest BCUT2D eigenvalue weighted by Gasteiger charge is 2.26. The highest BCUT2D eigenvalue weighted by molar-refractivity contribution is 7.81. The molecular weight excluding hydrogens is 586 g/mol. The molecule has 9 nitrogen and oxygen atoms in total. The van der Waals surface area contributed by atoms with Crippen LogP contribution in [0.2, 0.25) is 0 Å². The van der Waals surface area contributed by atoms with Gasteiger partial charge in [0, 0.05) is 55.5 Å². The van der Waals surface area contributed by atoms with Gasteiger partial charge in [0.1, 0.15) is 0 Å². The number of benzene rings is 3. The third-order valence-electron chi connectivity index (χ3n) is 7.53. The lowest BCUT2D eigenvalue weighted by molar-refractivity contribution is -0.124. The van der Waals surface area contributed by atoms with Crippen molar-refractivity contribution in [3.05, 3.63) is 101 Å². The highest BCUT2D eigenvalue weighted by atomic mass is 32.1. The predicted octanol–water partition coefficient (Wildman–Crippen LogP) is 4.16. The summed E-state index contributed by atoms with van der Waals surface area (Å²) in [5, 5.41) is 22.2. The Morgan fingerprint density at radius 3 is 1.96 bits per heavy atom. The van der Waals surface area contributed by atoms with E-state index in [-0.39, 0.29) is 48.8 Å². The van der Waals surface area contributed by atoms with Crippen molar-refractivity contribution in [3.8, 4) is 0 Å². The van der Waals surface area contributed by atoms with Crippen molar-refractivity contribution < 1.29 is 19.5 Å². The molecule has 0 aliphatic carbocycles. The van der Waals surface area contributed by atoms with Crippen LogP contribution in [-0.2, 0) is 11.2 Å². The van der Waals surface area contributed by atoms with Crippen molar-refractivity contribution in [1.29, 1.82) is 0 Å². The Kier molecular flexibility index (Phi) is 13.9. The summed E-state index contributed by atoms with van der Waals surface area (Å²) >= 11 is 4.42. The van der Waals surface area contributed by atoms with E-state index in [4.69, 9.17) is 0 Å². The Balaban J connectivity index is 1.83. The number of carbonyl (C=O) groups is 3. The van der Waals surface area contributed by atoms with Gasteiger partial charge < -0.3 is 30.7 Å². The van der Waals surface area contributed by atoms with Gasteiger partial charge in [-0.1, -0.05) is 94.2 Å². The molecule has 0 aliphatic heterocycles. The third kappa shape index (κ3) is 11.2. The van der Waals surface area contributed by atoms with Crippen molar-refractivity contribution in [1.82, 2.24) is 21.3 Å². The molecule has 0 spiro atoms. The number of aliphatic hydroxyl groups is 1. The zero-order chi connectivity index (χ0) is 32.9. The van der Waals surface area contributed by atoms with Gasteiger partial charge in [-0.2, -0.15) is 0 Å². The largest absolute Gasteiger partial charge is 0.396 e. The van der Waals surface area contributed by atoms with Crippen molar-refractivity contribution in [3.63, 3.8) is 0 Å². The lowest BCUT2D eigenvalue weighted by Gasteiger charge is -2.27. The summed E-state index contributed by atoms with van der Waals surface area (Å²) in [6.45, 7) is 8.38. The summed E-state index contributed by atoms with van der Waals surface area (Å²) in [6.07, 6.45) is 0.502. The van der Waals surface area contributed by atoms with E-state index in [2.05, 4.69) is 34.1 Å². The minimum atomic E-state index is -0.646. The Bertz CT molecular complexity index is 1390. The summed E-state index contributed by atoms with van der Waals surface area (Å²) < 4.78 is 1.55. The first-order valence-corrected chi connectivity index (χ1v) is 15.8. The number of rotatable bonds is 16. The second kappa shape index (κ2) is 17.6. The predicted molar refractivity (Wildman–Crippen MR) is 183 cm³/mol. The Hall–Kier alpha value is -3.86. The number of carbonyl (C=O) groups excluding carboxylic acids is 3. The molecule has 3 amide bonds. The van der Waals surface area contributed by atoms with Crippen LogP contribution < -0.4 is 25.6 Å². The maximum atomic E-state index is 13.8. The summed E-state index contributed by atoms with van der Waals surface area (Å²) in [5.41, 5.74) is 3.20. The maximum absolute atomic E-state index is 13.8. The van der Waals surface area contributed by atoms with E-state index < -0.39 is 12.1 Å². The van der Waals surface area contributed by atoms with E-state index in [0.717, 1.165) is 11.1 Å². The number of hydrogen-bond donors (Lipinski definition) is 6. The summed E-state index contributed by atoms with van der Waals surface area (Å²) in [7, 11) is 1.73. The fraction of sp³-hybridized carbons (Fsp3) is 0.400. The minimum Gasteiger partial charge on any atom is -0.396 e. The van der Waals surface area contributed by atoms with Gasteiger partial charge in [0.05, 0.1) is 12.1 Å². The molecule has 0 saturated heterocycles. The number of nitrogens with one attached hydrogen (secondary N) is 4. The first-order valence-electron chi connectivity index (χ1n) is 15.4. The average Bonchev–Trinajstić information content (AvgIpc) is 3.04. The lowest BCUT2D eigenvalue weighted by Crippen LogP contribution is -2.54. The van der Waals surface area contributed by atoms with Crippen LogP contribution in [0, 0.1) is 11.8 Å². The van der Waals surface area contributed by atoms with Crippen LogP contribution in [0.1, 0.15) is 65.6 Å². The Labute approximate surface area is 272 Å². The topological polar surface area (TPSA) is 123 Å². The van der Waals surface area contributed by atoms with Gasteiger partial charge in [0.15, 0.2) is 0 Å². The molecule has 45 heavy (non-hydrogen) atoms. The normalized spacial score (nSPS) is 13.8. The molecular formula is C35H47N5O4S. The Morgan fingerprint density at radius 1 is 0.822 bits per heavy atom. The van der Waals surface area contributed by atoms with E-state index in [1.54, 1.807) is 29.6 Å². The van der Waals surface area contributed by atoms with E-state index in [9.17, 15) is 19.5 Å². The summed E-state index contributed by atoms with van der Waals surface area (Å²) in [4.78, 5) is 40.1. The molecule has 5 N–H and O–H groups in total. The zero-order valence-electron chi connectivity index (χ0n) is 26.8. The molecule has 0 saturated carbocycles. The van der Waals surface area contributed by atoms with Gasteiger partial charge in [-0.25, -0.2) is 0 Å². The third-order valence-corrected chi connectivity index (χ3v) is 7.76. The highest BCUT2D eigenvalue weighted by Crippen LogP contribution is 2.21. The number of aliphatic hydroxyl groups excluding tert-OH is 1. The van der Waals surface area contributed by atoms with Gasteiger partial charge in [0.2, 0.25) is 5.91 Å². The van der Waals surface area contributed by atoms with Crippen LogP contribution in [-0.4, -0.2) is 61.7 Å². The lowest BCUT2D eigenvalue weighted by atomic mass is 10.00. The van der Waals surface area contributed by atoms with E-state index in [1.807, 2.05) is 88.4 Å². The number of anilines is 1. The molecule has 0 fully saturated rings. The second-order valence-electron chi connectivity index (χ2n) is 11.9. The van der Waals surface area contributed by atoms with Crippen molar-refractivity contribution in [2.45, 2.75) is 52.2 Å². The summed E-state index contributed by atoms with van der Waals surface area (Å²) in [5.74, 6) is -0.930. The Morgan fingerprint density at radius 2 is 1.40 bits per heavy atom. The van der Waals surface area contributed by atoms with Crippen LogP contribution in [0.25, 0.3) is 0 Å². The van der Waals surface area contributed by atoms with Crippen LogP contribution in [0.15, 0.2) is 78.9 Å². The van der Waals surface area contributed by atoms with E-state index in [1.165, 1.54) is 0 Å². The van der Waals surface area contributed by atoms with Crippen molar-refractivity contribution >= 4 is 36.2 Å². The zero-order valence-corrected chi connectivity index (χ0v) is 27.7. The first kappa shape index (κ1) is 35.6. The number of amides is 3. The average molecular weight is 634 g/mol. The van der Waals surface area contributed by atoms with E-state index in [0.29, 0.717) is 29.8 Å². The molecule has 0 aliphatic rings. The molecule has 10 heteroatoms. The minimum absolute atomic E-state index is 0.166. The van der Waals surface area contributed by atoms with Gasteiger partial charge in [-0.15, -0.1) is 0 Å². The SMILES string of the molecule is CC(C)CNC(=O)[C@@H](NC[C@H](Cc1ccccc1)NC(=O)c1cc(C(=O)N[C@H](C)c2ccccc2)cc(N(C)S)c1)[C@H](C)CO. The molecule has 0 bridgehead atoms. The quantitative estimate of drug-likeness (QED) is 0.132. The molecule has 0 radical (unpaired) electrons. The summed E-state index contributed by atoms with van der Waals surface area (Å²) in [6, 6.07) is 23.1. The first-order chi connectivity index (χ1) is 21.5. The molecule has 0 unspecified atom stereocenters. The molecule has 0 aromatic heterocycles. The van der Waals surface area contributed by atoms with Gasteiger partial charge in [-0.05, 0) is 48.6 Å². The second-order valence-corrected chi connectivity index (χ2v) is 12.5.